The van der Waals surface area contributed by atoms with E-state index in [4.69, 9.17) is 0 Å². The van der Waals surface area contributed by atoms with Crippen LogP contribution in [0.1, 0.15) is 0 Å². The molecule has 10 heavy (non-hydrogen) atoms. The zero-order valence-electron chi connectivity index (χ0n) is 5.01. The summed E-state index contributed by atoms with van der Waals surface area (Å²) in [6.45, 7) is 0. The summed E-state index contributed by atoms with van der Waals surface area (Å²) >= 11 is 3.78. The number of carbonyl (C=O) groups excluding carboxylic acids is 1. The van der Waals surface area contributed by atoms with Crippen LogP contribution >= 0.6 is 12.8 Å². The van der Waals surface area contributed by atoms with E-state index in [0.29, 0.717) is 12.2 Å². The average molecular weight is 155 g/mol. The minimum atomic E-state index is 0.417. The Morgan fingerprint density at radius 3 is 3.00 bits per heavy atom. The SMILES string of the molecule is O=CN(S)c1cccnn1. The summed E-state index contributed by atoms with van der Waals surface area (Å²) in [6, 6.07) is 3.31. The maximum Gasteiger partial charge on any atom is 0.225 e. The van der Waals surface area contributed by atoms with Gasteiger partial charge in [-0.3, -0.25) is 4.79 Å². The fourth-order valence-corrected chi connectivity index (χ4v) is 0.576. The van der Waals surface area contributed by atoms with Crippen LogP contribution in [0.5, 0.6) is 0 Å². The Balaban J connectivity index is 2.84. The topological polar surface area (TPSA) is 46.1 Å². The van der Waals surface area contributed by atoms with Crippen LogP contribution in [0.25, 0.3) is 0 Å². The first-order valence-corrected chi connectivity index (χ1v) is 2.95. The summed E-state index contributed by atoms with van der Waals surface area (Å²) < 4.78 is 1.05. The van der Waals surface area contributed by atoms with Gasteiger partial charge in [0.2, 0.25) is 6.41 Å². The van der Waals surface area contributed by atoms with Gasteiger partial charge in [0.15, 0.2) is 5.82 Å². The Kier molecular flexibility index (Phi) is 2.22. The summed E-state index contributed by atoms with van der Waals surface area (Å²) in [6.07, 6.45) is 2.07. The molecule has 0 saturated carbocycles. The third-order valence-corrected chi connectivity index (χ3v) is 1.19. The summed E-state index contributed by atoms with van der Waals surface area (Å²) in [5.41, 5.74) is 0. The fraction of sp³-hybridized carbons (Fsp3) is 0. The van der Waals surface area contributed by atoms with Crippen molar-refractivity contribution in [2.75, 3.05) is 4.31 Å². The Hall–Kier alpha value is -1.10. The minimum Gasteiger partial charge on any atom is -0.277 e. The number of rotatable bonds is 2. The second-order valence-corrected chi connectivity index (χ2v) is 1.96. The molecule has 0 unspecified atom stereocenters. The van der Waals surface area contributed by atoms with Gasteiger partial charge < -0.3 is 0 Å². The minimum absolute atomic E-state index is 0.417. The van der Waals surface area contributed by atoms with Gasteiger partial charge in [-0.15, -0.1) is 5.10 Å². The van der Waals surface area contributed by atoms with Crippen LogP contribution < -0.4 is 4.31 Å². The molecule has 0 bridgehead atoms. The van der Waals surface area contributed by atoms with Gasteiger partial charge in [-0.2, -0.15) is 5.10 Å². The van der Waals surface area contributed by atoms with Crippen molar-refractivity contribution < 1.29 is 4.79 Å². The van der Waals surface area contributed by atoms with Crippen molar-refractivity contribution in [1.82, 2.24) is 10.2 Å². The highest BCUT2D eigenvalue weighted by molar-refractivity contribution is 7.82. The van der Waals surface area contributed by atoms with Gasteiger partial charge in [0.1, 0.15) is 0 Å². The van der Waals surface area contributed by atoms with E-state index in [9.17, 15) is 4.79 Å². The van der Waals surface area contributed by atoms with Crippen molar-refractivity contribution in [3.8, 4) is 0 Å². The molecule has 52 valence electrons. The molecule has 0 fully saturated rings. The largest absolute Gasteiger partial charge is 0.277 e. The van der Waals surface area contributed by atoms with E-state index in [2.05, 4.69) is 23.0 Å². The third-order valence-electron chi connectivity index (χ3n) is 0.893. The number of amides is 1. The van der Waals surface area contributed by atoms with Crippen molar-refractivity contribution in [2.45, 2.75) is 0 Å². The molecule has 0 aliphatic carbocycles. The van der Waals surface area contributed by atoms with E-state index >= 15 is 0 Å². The van der Waals surface area contributed by atoms with Crippen molar-refractivity contribution in [1.29, 1.82) is 0 Å². The van der Waals surface area contributed by atoms with Crippen molar-refractivity contribution in [3.63, 3.8) is 0 Å². The highest BCUT2D eigenvalue weighted by Crippen LogP contribution is 2.06. The van der Waals surface area contributed by atoms with Crippen LogP contribution in [0.3, 0.4) is 0 Å². The maximum absolute atomic E-state index is 10.1. The van der Waals surface area contributed by atoms with Crippen LogP contribution in [0.15, 0.2) is 18.3 Å². The monoisotopic (exact) mass is 155 g/mol. The van der Waals surface area contributed by atoms with Crippen molar-refractivity contribution in [3.05, 3.63) is 18.3 Å². The Morgan fingerprint density at radius 1 is 1.70 bits per heavy atom. The number of hydrogen-bond donors (Lipinski definition) is 1. The summed E-state index contributed by atoms with van der Waals surface area (Å²) in [5.74, 6) is 0.417. The predicted octanol–water partition coefficient (Wildman–Crippen LogP) is 0.284. The lowest BCUT2D eigenvalue weighted by molar-refractivity contribution is -0.106. The fourth-order valence-electron chi connectivity index (χ4n) is 0.470. The number of aromatic nitrogens is 2. The van der Waals surface area contributed by atoms with E-state index in [-0.39, 0.29) is 0 Å². The highest BCUT2D eigenvalue weighted by atomic mass is 32.1. The van der Waals surface area contributed by atoms with Crippen LogP contribution in [0.2, 0.25) is 0 Å². The molecular formula is C5H5N3OS. The quantitative estimate of drug-likeness (QED) is 0.493. The van der Waals surface area contributed by atoms with Gasteiger partial charge >= 0.3 is 0 Å². The molecule has 1 aromatic rings. The normalized spacial score (nSPS) is 8.90. The second kappa shape index (κ2) is 3.17. The van der Waals surface area contributed by atoms with Gasteiger partial charge in [-0.05, 0) is 12.1 Å². The molecule has 4 nitrogen and oxygen atoms in total. The molecule has 5 heteroatoms. The first-order chi connectivity index (χ1) is 4.84. The molecule has 0 atom stereocenters. The molecule has 0 radical (unpaired) electrons. The van der Waals surface area contributed by atoms with E-state index < -0.39 is 0 Å². The molecular weight excluding hydrogens is 150 g/mol. The Bertz CT molecular complexity index is 215. The third kappa shape index (κ3) is 1.44. The van der Waals surface area contributed by atoms with Crippen LogP contribution in [-0.2, 0) is 4.79 Å². The van der Waals surface area contributed by atoms with Crippen LogP contribution in [0, 0.1) is 0 Å². The smallest absolute Gasteiger partial charge is 0.225 e. The van der Waals surface area contributed by atoms with Crippen LogP contribution in [0.4, 0.5) is 5.82 Å². The van der Waals surface area contributed by atoms with E-state index in [1.807, 2.05) is 0 Å². The first kappa shape index (κ1) is 7.01. The molecule has 1 aromatic heterocycles. The zero-order valence-corrected chi connectivity index (χ0v) is 5.90. The molecule has 1 amide bonds. The molecule has 0 aliphatic heterocycles. The van der Waals surface area contributed by atoms with Gasteiger partial charge in [-0.1, -0.05) is 12.8 Å². The summed E-state index contributed by atoms with van der Waals surface area (Å²) in [7, 11) is 0. The number of nitrogens with zero attached hydrogens (tertiary/aromatic N) is 3. The first-order valence-electron chi connectivity index (χ1n) is 2.55. The lowest BCUT2D eigenvalue weighted by atomic mass is 10.5. The molecule has 0 N–H and O–H groups in total. The Labute approximate surface area is 63.4 Å². The van der Waals surface area contributed by atoms with Gasteiger partial charge in [0.25, 0.3) is 0 Å². The molecule has 1 heterocycles. The number of hydrogen-bond acceptors (Lipinski definition) is 4. The average Bonchev–Trinajstić information content (AvgIpc) is 2.05. The van der Waals surface area contributed by atoms with Crippen molar-refractivity contribution in [2.24, 2.45) is 0 Å². The second-order valence-electron chi connectivity index (χ2n) is 1.53. The number of anilines is 1. The van der Waals surface area contributed by atoms with Gasteiger partial charge in [0, 0.05) is 6.20 Å². The summed E-state index contributed by atoms with van der Waals surface area (Å²) in [4.78, 5) is 10.1. The van der Waals surface area contributed by atoms with E-state index in [0.717, 1.165) is 4.31 Å². The lowest BCUT2D eigenvalue weighted by Gasteiger charge is -2.03. The standard InChI is InChI=1S/C5H5N3OS/c9-4-8(10)5-2-1-3-6-7-5/h1-4,10H. The lowest BCUT2D eigenvalue weighted by Crippen LogP contribution is -2.08. The number of thiol groups is 1. The van der Waals surface area contributed by atoms with E-state index in [1.54, 1.807) is 12.1 Å². The summed E-state index contributed by atoms with van der Waals surface area (Å²) in [5, 5.41) is 7.17. The molecule has 0 aromatic carbocycles. The Morgan fingerprint density at radius 2 is 2.50 bits per heavy atom. The number of carbonyl (C=O) groups is 1. The predicted molar refractivity (Wildman–Crippen MR) is 39.6 cm³/mol. The van der Waals surface area contributed by atoms with Crippen LogP contribution in [-0.4, -0.2) is 16.6 Å². The molecule has 0 saturated heterocycles. The zero-order chi connectivity index (χ0) is 7.40. The van der Waals surface area contributed by atoms with E-state index in [1.165, 1.54) is 6.20 Å². The van der Waals surface area contributed by atoms with Gasteiger partial charge in [0.05, 0.1) is 0 Å². The van der Waals surface area contributed by atoms with Crippen molar-refractivity contribution >= 4 is 25.0 Å². The molecule has 1 rings (SSSR count). The molecule has 0 aliphatic rings. The highest BCUT2D eigenvalue weighted by Gasteiger charge is 1.97. The molecule has 0 spiro atoms. The maximum atomic E-state index is 10.1. The van der Waals surface area contributed by atoms with Gasteiger partial charge in [-0.25, -0.2) is 4.31 Å².